The molecule has 1 unspecified atom stereocenters. The molecule has 1 atom stereocenters. The molecule has 1 aliphatic heterocycles. The van der Waals surface area contributed by atoms with Crippen LogP contribution in [0.15, 0.2) is 0 Å². The molecule has 0 aliphatic carbocycles. The van der Waals surface area contributed by atoms with E-state index in [2.05, 4.69) is 28.8 Å². The molecule has 1 N–H and O–H groups in total. The summed E-state index contributed by atoms with van der Waals surface area (Å²) in [6.07, 6.45) is 0. The van der Waals surface area contributed by atoms with Crippen LogP contribution in [0.5, 0.6) is 0 Å². The summed E-state index contributed by atoms with van der Waals surface area (Å²) in [7, 11) is 2.08. The predicted molar refractivity (Wildman–Crippen MR) is 68.4 cm³/mol. The lowest BCUT2D eigenvalue weighted by Gasteiger charge is -2.37. The molecule has 1 aromatic rings. The van der Waals surface area contributed by atoms with Crippen molar-refractivity contribution < 1.29 is 9.90 Å². The smallest absolute Gasteiger partial charge is 0.349 e. The van der Waals surface area contributed by atoms with Crippen LogP contribution in [0.25, 0.3) is 0 Å². The lowest BCUT2D eigenvalue weighted by molar-refractivity contribution is 0.0702. The number of thiazole rings is 1. The highest BCUT2D eigenvalue weighted by atomic mass is 35.5. The van der Waals surface area contributed by atoms with E-state index in [1.807, 2.05) is 0 Å². The number of hydrogen-bond donors (Lipinski definition) is 1. The summed E-state index contributed by atoms with van der Waals surface area (Å²) in [4.78, 5) is 19.5. The molecule has 0 bridgehead atoms. The minimum atomic E-state index is -1.01. The fourth-order valence-corrected chi connectivity index (χ4v) is 2.94. The van der Waals surface area contributed by atoms with Crippen molar-refractivity contribution in [3.05, 3.63) is 10.0 Å². The van der Waals surface area contributed by atoms with Crippen molar-refractivity contribution in [2.75, 3.05) is 31.6 Å². The molecule has 0 amide bonds. The largest absolute Gasteiger partial charge is 0.477 e. The van der Waals surface area contributed by atoms with Crippen molar-refractivity contribution in [3.8, 4) is 0 Å². The SMILES string of the molecule is CC1CN(c2nc(Cl)c(C(=O)O)s2)CCN1C. The van der Waals surface area contributed by atoms with Crippen molar-refractivity contribution in [1.29, 1.82) is 0 Å². The fraction of sp³-hybridized carbons (Fsp3) is 0.600. The van der Waals surface area contributed by atoms with Crippen molar-refractivity contribution >= 4 is 34.0 Å². The van der Waals surface area contributed by atoms with E-state index in [1.165, 1.54) is 0 Å². The van der Waals surface area contributed by atoms with Gasteiger partial charge < -0.3 is 14.9 Å². The summed E-state index contributed by atoms with van der Waals surface area (Å²) in [5, 5.41) is 9.72. The third-order valence-corrected chi connectivity index (χ3v) is 4.49. The summed E-state index contributed by atoms with van der Waals surface area (Å²) in [5.41, 5.74) is 0. The Hall–Kier alpha value is -0.850. The van der Waals surface area contributed by atoms with E-state index in [0.717, 1.165) is 31.0 Å². The summed E-state index contributed by atoms with van der Waals surface area (Å²) < 4.78 is 0. The zero-order valence-corrected chi connectivity index (χ0v) is 11.3. The van der Waals surface area contributed by atoms with Crippen LogP contribution in [0.1, 0.15) is 16.6 Å². The predicted octanol–water partition coefficient (Wildman–Crippen LogP) is 1.64. The molecule has 17 heavy (non-hydrogen) atoms. The Labute approximate surface area is 109 Å². The quantitative estimate of drug-likeness (QED) is 0.889. The second-order valence-corrected chi connectivity index (χ2v) is 5.53. The van der Waals surface area contributed by atoms with E-state index < -0.39 is 5.97 Å². The van der Waals surface area contributed by atoms with Crippen molar-refractivity contribution in [1.82, 2.24) is 9.88 Å². The van der Waals surface area contributed by atoms with Crippen molar-refractivity contribution in [2.45, 2.75) is 13.0 Å². The molecule has 1 aromatic heterocycles. The number of carboxylic acid groups (broad SMARTS) is 1. The first-order valence-electron chi connectivity index (χ1n) is 5.34. The highest BCUT2D eigenvalue weighted by Crippen LogP contribution is 2.30. The van der Waals surface area contributed by atoms with Gasteiger partial charge in [-0.1, -0.05) is 22.9 Å². The van der Waals surface area contributed by atoms with Gasteiger partial charge in [-0.2, -0.15) is 0 Å². The second-order valence-electron chi connectivity index (χ2n) is 4.20. The number of anilines is 1. The van der Waals surface area contributed by atoms with Gasteiger partial charge in [0.25, 0.3) is 0 Å². The van der Waals surface area contributed by atoms with Crippen LogP contribution in [0.4, 0.5) is 5.13 Å². The van der Waals surface area contributed by atoms with Crippen LogP contribution >= 0.6 is 22.9 Å². The Morgan fingerprint density at radius 1 is 1.59 bits per heavy atom. The van der Waals surface area contributed by atoms with Crippen LogP contribution < -0.4 is 4.90 Å². The van der Waals surface area contributed by atoms with Gasteiger partial charge in [-0.15, -0.1) is 0 Å². The van der Waals surface area contributed by atoms with Crippen LogP contribution in [0.2, 0.25) is 5.15 Å². The summed E-state index contributed by atoms with van der Waals surface area (Å²) in [6.45, 7) is 4.78. The van der Waals surface area contributed by atoms with Gasteiger partial charge >= 0.3 is 5.97 Å². The number of likely N-dealkylation sites (N-methyl/N-ethyl adjacent to an activating group) is 1. The molecular weight excluding hydrogens is 262 g/mol. The van der Waals surface area contributed by atoms with E-state index in [-0.39, 0.29) is 10.0 Å². The Morgan fingerprint density at radius 2 is 2.29 bits per heavy atom. The third-order valence-electron chi connectivity index (χ3n) is 3.00. The Morgan fingerprint density at radius 3 is 2.82 bits per heavy atom. The Balaban J connectivity index is 2.18. The molecule has 0 aromatic carbocycles. The average molecular weight is 276 g/mol. The van der Waals surface area contributed by atoms with Crippen LogP contribution in [-0.2, 0) is 0 Å². The molecular formula is C10H14ClN3O2S. The molecule has 2 rings (SSSR count). The van der Waals surface area contributed by atoms with E-state index in [0.29, 0.717) is 11.2 Å². The molecule has 94 valence electrons. The van der Waals surface area contributed by atoms with Gasteiger partial charge in [-0.05, 0) is 14.0 Å². The lowest BCUT2D eigenvalue weighted by atomic mass is 10.2. The number of piperazine rings is 1. The first-order valence-corrected chi connectivity index (χ1v) is 6.53. The topological polar surface area (TPSA) is 56.7 Å². The Kier molecular flexibility index (Phi) is 3.56. The maximum absolute atomic E-state index is 10.9. The highest BCUT2D eigenvalue weighted by Gasteiger charge is 2.25. The first kappa shape index (κ1) is 12.6. The average Bonchev–Trinajstić information content (AvgIpc) is 2.64. The number of aromatic nitrogens is 1. The zero-order chi connectivity index (χ0) is 12.6. The summed E-state index contributed by atoms with van der Waals surface area (Å²) in [6, 6.07) is 0.430. The minimum absolute atomic E-state index is 0.0871. The monoisotopic (exact) mass is 275 g/mol. The molecule has 5 nitrogen and oxygen atoms in total. The maximum atomic E-state index is 10.9. The van der Waals surface area contributed by atoms with Crippen LogP contribution in [0, 0.1) is 0 Å². The van der Waals surface area contributed by atoms with Gasteiger partial charge in [0.1, 0.15) is 0 Å². The number of aromatic carboxylic acids is 1. The molecule has 7 heteroatoms. The maximum Gasteiger partial charge on any atom is 0.349 e. The van der Waals surface area contributed by atoms with Gasteiger partial charge in [0, 0.05) is 25.7 Å². The van der Waals surface area contributed by atoms with Crippen molar-refractivity contribution in [2.24, 2.45) is 0 Å². The molecule has 2 heterocycles. The van der Waals surface area contributed by atoms with Crippen LogP contribution in [-0.4, -0.2) is 53.7 Å². The van der Waals surface area contributed by atoms with Gasteiger partial charge in [0.15, 0.2) is 15.2 Å². The molecule has 1 aliphatic rings. The number of rotatable bonds is 2. The van der Waals surface area contributed by atoms with Crippen molar-refractivity contribution in [3.63, 3.8) is 0 Å². The van der Waals surface area contributed by atoms with Gasteiger partial charge in [-0.3, -0.25) is 0 Å². The van der Waals surface area contributed by atoms with E-state index in [9.17, 15) is 4.79 Å². The summed E-state index contributed by atoms with van der Waals surface area (Å²) in [5.74, 6) is -1.01. The number of halogens is 1. The van der Waals surface area contributed by atoms with E-state index in [4.69, 9.17) is 16.7 Å². The number of carbonyl (C=O) groups is 1. The van der Waals surface area contributed by atoms with Gasteiger partial charge in [0.05, 0.1) is 0 Å². The highest BCUT2D eigenvalue weighted by molar-refractivity contribution is 7.18. The van der Waals surface area contributed by atoms with E-state index in [1.54, 1.807) is 0 Å². The minimum Gasteiger partial charge on any atom is -0.477 e. The first-order chi connectivity index (χ1) is 7.99. The number of hydrogen-bond acceptors (Lipinski definition) is 5. The second kappa shape index (κ2) is 4.80. The van der Waals surface area contributed by atoms with E-state index >= 15 is 0 Å². The Bertz CT molecular complexity index is 437. The molecule has 1 fully saturated rings. The lowest BCUT2D eigenvalue weighted by Crippen LogP contribution is -2.50. The number of carboxylic acids is 1. The number of nitrogens with zero attached hydrogens (tertiary/aromatic N) is 3. The van der Waals surface area contributed by atoms with Crippen LogP contribution in [0.3, 0.4) is 0 Å². The molecule has 0 radical (unpaired) electrons. The normalized spacial score (nSPS) is 21.8. The molecule has 0 saturated carbocycles. The van der Waals surface area contributed by atoms with Gasteiger partial charge in [0.2, 0.25) is 0 Å². The fourth-order valence-electron chi connectivity index (χ4n) is 1.78. The standard InChI is InChI=1S/C10H14ClN3O2S/c1-6-5-14(4-3-13(6)2)10-12-8(11)7(17-10)9(15)16/h6H,3-5H2,1-2H3,(H,15,16). The summed E-state index contributed by atoms with van der Waals surface area (Å²) >= 11 is 6.95. The zero-order valence-electron chi connectivity index (χ0n) is 9.68. The third kappa shape index (κ3) is 2.53. The molecule has 0 spiro atoms. The van der Waals surface area contributed by atoms with Gasteiger partial charge in [-0.25, -0.2) is 9.78 Å². The molecule has 1 saturated heterocycles.